The number of ketones is 1. The Kier molecular flexibility index (Phi) is 3.95. The zero-order valence-electron chi connectivity index (χ0n) is 11.0. The van der Waals surface area contributed by atoms with Crippen molar-refractivity contribution >= 4 is 11.7 Å². The van der Waals surface area contributed by atoms with Gasteiger partial charge in [-0.15, -0.1) is 0 Å². The number of nitrogens with one attached hydrogen (secondary N) is 1. The number of Topliss-reactive ketones (excluding diaryl/α,β-unsaturated/α-hetero) is 1. The van der Waals surface area contributed by atoms with Gasteiger partial charge in [-0.05, 0) is 18.6 Å². The second-order valence-corrected chi connectivity index (χ2v) is 4.97. The lowest BCUT2D eigenvalue weighted by molar-refractivity contribution is -0.130. The Bertz CT molecular complexity index is 502. The quantitative estimate of drug-likeness (QED) is 0.831. The van der Waals surface area contributed by atoms with Crippen LogP contribution in [0.1, 0.15) is 16.8 Å². The highest BCUT2D eigenvalue weighted by Gasteiger charge is 2.35. The summed E-state index contributed by atoms with van der Waals surface area (Å²) >= 11 is 0. The monoisotopic (exact) mass is 264 g/mol. The van der Waals surface area contributed by atoms with Crippen LogP contribution in [0.3, 0.4) is 0 Å². The minimum atomic E-state index is -0.505. The second-order valence-electron chi connectivity index (χ2n) is 4.97. The third-order valence-corrected chi connectivity index (χ3v) is 3.38. The molecule has 1 aromatic carbocycles. The van der Waals surface area contributed by atoms with Crippen molar-refractivity contribution in [3.63, 3.8) is 0 Å². The molecule has 1 fully saturated rings. The van der Waals surface area contributed by atoms with Gasteiger partial charge in [-0.2, -0.15) is 0 Å². The van der Waals surface area contributed by atoms with Crippen LogP contribution in [-0.2, 0) is 4.79 Å². The third-order valence-electron chi connectivity index (χ3n) is 3.38. The first-order valence-electron chi connectivity index (χ1n) is 6.24. The predicted molar refractivity (Wildman–Crippen MR) is 69.3 cm³/mol. The van der Waals surface area contributed by atoms with Crippen molar-refractivity contribution in [1.29, 1.82) is 0 Å². The molecule has 102 valence electrons. The summed E-state index contributed by atoms with van der Waals surface area (Å²) in [5, 5.41) is 3.02. The van der Waals surface area contributed by atoms with Gasteiger partial charge in [-0.25, -0.2) is 4.39 Å². The first-order chi connectivity index (χ1) is 9.00. The van der Waals surface area contributed by atoms with Crippen molar-refractivity contribution in [1.82, 2.24) is 10.2 Å². The molecule has 0 bridgehead atoms. The summed E-state index contributed by atoms with van der Waals surface area (Å²) < 4.78 is 13.6. The normalized spacial score (nSPS) is 22.3. The Morgan fingerprint density at radius 2 is 2.00 bits per heavy atom. The maximum Gasteiger partial charge on any atom is 0.239 e. The summed E-state index contributed by atoms with van der Waals surface area (Å²) in [4.78, 5) is 25.5. The molecule has 0 aromatic heterocycles. The van der Waals surface area contributed by atoms with Crippen LogP contribution >= 0.6 is 0 Å². The van der Waals surface area contributed by atoms with E-state index >= 15 is 0 Å². The summed E-state index contributed by atoms with van der Waals surface area (Å²) in [6.45, 7) is 0.414. The molecule has 2 rings (SSSR count). The molecule has 1 saturated heterocycles. The van der Waals surface area contributed by atoms with Crippen LogP contribution in [-0.4, -0.2) is 43.3 Å². The molecule has 4 nitrogen and oxygen atoms in total. The first-order valence-corrected chi connectivity index (χ1v) is 6.24. The largest absolute Gasteiger partial charge is 0.347 e. The molecule has 1 aromatic rings. The van der Waals surface area contributed by atoms with Crippen molar-refractivity contribution in [2.75, 3.05) is 20.6 Å². The van der Waals surface area contributed by atoms with Crippen LogP contribution in [0.15, 0.2) is 24.3 Å². The van der Waals surface area contributed by atoms with E-state index in [0.29, 0.717) is 13.0 Å². The summed E-state index contributed by atoms with van der Waals surface area (Å²) in [5.41, 5.74) is 0.104. The van der Waals surface area contributed by atoms with Gasteiger partial charge >= 0.3 is 0 Å². The Labute approximate surface area is 111 Å². The minimum absolute atomic E-state index is 0.0520. The fraction of sp³-hybridized carbons (Fsp3) is 0.429. The Morgan fingerprint density at radius 3 is 2.63 bits per heavy atom. The van der Waals surface area contributed by atoms with Crippen molar-refractivity contribution in [3.8, 4) is 0 Å². The zero-order valence-corrected chi connectivity index (χ0v) is 11.0. The Morgan fingerprint density at radius 1 is 1.32 bits per heavy atom. The van der Waals surface area contributed by atoms with Crippen molar-refractivity contribution in [2.45, 2.75) is 12.5 Å². The third kappa shape index (κ3) is 2.81. The van der Waals surface area contributed by atoms with E-state index in [0.717, 1.165) is 0 Å². The topological polar surface area (TPSA) is 49.4 Å². The smallest absolute Gasteiger partial charge is 0.239 e. The lowest BCUT2D eigenvalue weighted by Crippen LogP contribution is -2.39. The molecule has 1 aliphatic rings. The number of likely N-dealkylation sites (N-methyl/N-ethyl adjacent to an activating group) is 1. The summed E-state index contributed by atoms with van der Waals surface area (Å²) in [6, 6.07) is 5.60. The molecule has 2 atom stereocenters. The van der Waals surface area contributed by atoms with E-state index in [9.17, 15) is 14.0 Å². The molecule has 0 aliphatic carbocycles. The highest BCUT2D eigenvalue weighted by Crippen LogP contribution is 2.21. The minimum Gasteiger partial charge on any atom is -0.347 e. The number of hydrogen-bond donors (Lipinski definition) is 1. The number of amides is 1. The highest BCUT2D eigenvalue weighted by atomic mass is 19.1. The van der Waals surface area contributed by atoms with Crippen LogP contribution in [0.4, 0.5) is 4.39 Å². The average Bonchev–Trinajstić information content (AvgIpc) is 2.87. The summed E-state index contributed by atoms with van der Waals surface area (Å²) in [5.74, 6) is -1.14. The molecule has 0 spiro atoms. The van der Waals surface area contributed by atoms with Gasteiger partial charge in [0.1, 0.15) is 5.82 Å². The van der Waals surface area contributed by atoms with E-state index in [2.05, 4.69) is 5.32 Å². The van der Waals surface area contributed by atoms with Crippen molar-refractivity contribution in [2.24, 2.45) is 5.92 Å². The van der Waals surface area contributed by atoms with Crippen LogP contribution in [0.2, 0.25) is 0 Å². The SMILES string of the molecule is CN(C)C(=O)C1CC(C(=O)c2ccccc2F)CN1. The van der Waals surface area contributed by atoms with E-state index in [-0.39, 0.29) is 29.2 Å². The molecule has 19 heavy (non-hydrogen) atoms. The van der Waals surface area contributed by atoms with Gasteiger partial charge in [0.25, 0.3) is 0 Å². The van der Waals surface area contributed by atoms with Crippen LogP contribution in [0.25, 0.3) is 0 Å². The lowest BCUT2D eigenvalue weighted by Gasteiger charge is -2.15. The Hall–Kier alpha value is -1.75. The number of carbonyl (C=O) groups excluding carboxylic acids is 2. The van der Waals surface area contributed by atoms with Gasteiger partial charge in [-0.3, -0.25) is 9.59 Å². The van der Waals surface area contributed by atoms with Crippen LogP contribution in [0.5, 0.6) is 0 Å². The number of halogens is 1. The van der Waals surface area contributed by atoms with E-state index in [1.54, 1.807) is 26.2 Å². The fourth-order valence-corrected chi connectivity index (χ4v) is 2.32. The molecule has 1 heterocycles. The molecule has 1 N–H and O–H groups in total. The molecule has 0 saturated carbocycles. The molecule has 5 heteroatoms. The second kappa shape index (κ2) is 5.48. The van der Waals surface area contributed by atoms with Crippen molar-refractivity contribution in [3.05, 3.63) is 35.6 Å². The number of hydrogen-bond acceptors (Lipinski definition) is 3. The van der Waals surface area contributed by atoms with E-state index in [1.807, 2.05) is 0 Å². The first kappa shape index (κ1) is 13.7. The maximum absolute atomic E-state index is 13.6. The maximum atomic E-state index is 13.6. The number of nitrogens with zero attached hydrogens (tertiary/aromatic N) is 1. The molecule has 2 unspecified atom stereocenters. The summed E-state index contributed by atoms with van der Waals surface area (Å²) in [6.07, 6.45) is 0.421. The molecule has 0 radical (unpaired) electrons. The molecule has 1 aliphatic heterocycles. The van der Waals surface area contributed by atoms with Crippen LogP contribution in [0, 0.1) is 11.7 Å². The van der Waals surface area contributed by atoms with Gasteiger partial charge in [0.05, 0.1) is 11.6 Å². The number of carbonyl (C=O) groups is 2. The average molecular weight is 264 g/mol. The van der Waals surface area contributed by atoms with E-state index in [4.69, 9.17) is 0 Å². The predicted octanol–water partition coefficient (Wildman–Crippen LogP) is 1.07. The zero-order chi connectivity index (χ0) is 14.0. The highest BCUT2D eigenvalue weighted by molar-refractivity contribution is 5.99. The molecular formula is C14H17FN2O2. The van der Waals surface area contributed by atoms with Gasteiger partial charge in [0.15, 0.2) is 5.78 Å². The number of benzene rings is 1. The summed E-state index contributed by atoms with van der Waals surface area (Å²) in [7, 11) is 3.35. The lowest BCUT2D eigenvalue weighted by atomic mass is 9.94. The van der Waals surface area contributed by atoms with Gasteiger partial charge in [-0.1, -0.05) is 12.1 Å². The van der Waals surface area contributed by atoms with Gasteiger partial charge < -0.3 is 10.2 Å². The van der Waals surface area contributed by atoms with Gasteiger partial charge in [0, 0.05) is 26.6 Å². The van der Waals surface area contributed by atoms with Gasteiger partial charge in [0.2, 0.25) is 5.91 Å². The molecular weight excluding hydrogens is 247 g/mol. The fourth-order valence-electron chi connectivity index (χ4n) is 2.32. The number of rotatable bonds is 3. The van der Waals surface area contributed by atoms with Crippen molar-refractivity contribution < 1.29 is 14.0 Å². The Balaban J connectivity index is 2.07. The van der Waals surface area contributed by atoms with E-state index in [1.165, 1.54) is 17.0 Å². The molecule has 1 amide bonds. The van der Waals surface area contributed by atoms with Crippen LogP contribution < -0.4 is 5.32 Å². The standard InChI is InChI=1S/C14H17FN2O2/c1-17(2)14(19)12-7-9(8-16-12)13(18)10-5-3-4-6-11(10)15/h3-6,9,12,16H,7-8H2,1-2H3. The van der Waals surface area contributed by atoms with E-state index < -0.39 is 5.82 Å².